The highest BCUT2D eigenvalue weighted by Gasteiger charge is 2.34. The minimum absolute atomic E-state index is 0.0841. The fourth-order valence-electron chi connectivity index (χ4n) is 4.88. The van der Waals surface area contributed by atoms with Crippen LogP contribution in [0.3, 0.4) is 0 Å². The first kappa shape index (κ1) is 19.0. The number of urea groups is 1. The summed E-state index contributed by atoms with van der Waals surface area (Å²) < 4.78 is 2.28. The summed E-state index contributed by atoms with van der Waals surface area (Å²) in [7, 11) is 0. The van der Waals surface area contributed by atoms with Crippen molar-refractivity contribution in [2.75, 3.05) is 13.1 Å². The van der Waals surface area contributed by atoms with E-state index in [1.165, 1.54) is 24.2 Å². The molecule has 5 heteroatoms. The smallest absolute Gasteiger partial charge is 0.317 e. The molecule has 0 bridgehead atoms. The summed E-state index contributed by atoms with van der Waals surface area (Å²) >= 11 is 0. The van der Waals surface area contributed by atoms with Gasteiger partial charge in [-0.05, 0) is 37.7 Å². The van der Waals surface area contributed by atoms with E-state index in [0.29, 0.717) is 18.5 Å². The fraction of sp³-hybridized carbons (Fsp3) is 0.565. The van der Waals surface area contributed by atoms with E-state index in [9.17, 15) is 4.79 Å². The molecule has 0 unspecified atom stereocenters. The minimum Gasteiger partial charge on any atom is -0.338 e. The number of imidazole rings is 1. The highest BCUT2D eigenvalue weighted by Crippen LogP contribution is 2.33. The van der Waals surface area contributed by atoms with Crippen molar-refractivity contribution in [3.63, 3.8) is 0 Å². The lowest BCUT2D eigenvalue weighted by Gasteiger charge is -2.31. The Hall–Kier alpha value is -2.30. The predicted octanol–water partition coefficient (Wildman–Crippen LogP) is 4.13. The number of hydrogen-bond acceptors (Lipinski definition) is 2. The van der Waals surface area contributed by atoms with Gasteiger partial charge in [-0.1, -0.05) is 37.3 Å². The second-order valence-corrected chi connectivity index (χ2v) is 8.11. The van der Waals surface area contributed by atoms with Crippen LogP contribution in [0, 0.1) is 0 Å². The quantitative estimate of drug-likeness (QED) is 0.819. The maximum Gasteiger partial charge on any atom is 0.317 e. The number of benzene rings is 1. The lowest BCUT2D eigenvalue weighted by Crippen LogP contribution is -2.45. The number of amides is 2. The lowest BCUT2D eigenvalue weighted by atomic mass is 9.88. The number of likely N-dealkylation sites (tertiary alicyclic amines) is 1. The maximum absolute atomic E-state index is 12.9. The second kappa shape index (κ2) is 8.80. The van der Waals surface area contributed by atoms with Crippen LogP contribution in [-0.4, -0.2) is 39.6 Å². The molecule has 5 nitrogen and oxygen atoms in total. The number of hydrogen-bond donors (Lipinski definition) is 1. The van der Waals surface area contributed by atoms with Gasteiger partial charge < -0.3 is 14.8 Å². The number of fused-ring (bicyclic) bond motifs is 1. The van der Waals surface area contributed by atoms with Crippen LogP contribution in [0.25, 0.3) is 0 Å². The van der Waals surface area contributed by atoms with E-state index < -0.39 is 0 Å². The molecule has 0 saturated carbocycles. The molecule has 2 atom stereocenters. The minimum atomic E-state index is 0.0841. The number of nitrogens with one attached hydrogen (secondary N) is 1. The number of aryl methyl sites for hydroxylation is 2. The fourth-order valence-corrected chi connectivity index (χ4v) is 4.88. The highest BCUT2D eigenvalue weighted by molar-refractivity contribution is 5.75. The summed E-state index contributed by atoms with van der Waals surface area (Å²) in [6.07, 6.45) is 9.78. The molecule has 2 aliphatic heterocycles. The first-order valence-electron chi connectivity index (χ1n) is 10.9. The second-order valence-electron chi connectivity index (χ2n) is 8.11. The molecule has 1 aromatic heterocycles. The SMILES string of the molecule is CC[C@@H](c1ccccc1)[C@@H]1CCCN1C(=O)NCCc1cn2c(n1)CCCC2. The van der Waals surface area contributed by atoms with Crippen LogP contribution in [0.1, 0.15) is 62.0 Å². The lowest BCUT2D eigenvalue weighted by molar-refractivity contribution is 0.184. The topological polar surface area (TPSA) is 50.2 Å². The number of carbonyl (C=O) groups is 1. The summed E-state index contributed by atoms with van der Waals surface area (Å²) in [5.74, 6) is 1.62. The van der Waals surface area contributed by atoms with Gasteiger partial charge >= 0.3 is 6.03 Å². The van der Waals surface area contributed by atoms with Crippen molar-refractivity contribution in [2.24, 2.45) is 0 Å². The summed E-state index contributed by atoms with van der Waals surface area (Å²) in [6, 6.07) is 11.0. The third-order valence-electron chi connectivity index (χ3n) is 6.31. The predicted molar refractivity (Wildman–Crippen MR) is 111 cm³/mol. The average Bonchev–Trinajstić information content (AvgIpc) is 3.36. The summed E-state index contributed by atoms with van der Waals surface area (Å²) in [5, 5.41) is 3.15. The van der Waals surface area contributed by atoms with Gasteiger partial charge in [0.2, 0.25) is 0 Å². The van der Waals surface area contributed by atoms with E-state index in [4.69, 9.17) is 4.98 Å². The standard InChI is InChI=1S/C23H32N4O/c1-2-20(18-9-4-3-5-10-18)21-11-8-16-27(21)23(28)24-14-13-19-17-26-15-7-6-12-22(26)25-19/h3-5,9-10,17,20-21H,2,6-8,11-16H2,1H3,(H,24,28)/t20-,21-/m0/s1. The molecule has 4 rings (SSSR count). The van der Waals surface area contributed by atoms with Gasteiger partial charge in [0.1, 0.15) is 5.82 Å². The Kier molecular flexibility index (Phi) is 5.98. The van der Waals surface area contributed by atoms with Crippen molar-refractivity contribution < 1.29 is 4.79 Å². The average molecular weight is 381 g/mol. The van der Waals surface area contributed by atoms with Crippen LogP contribution in [0.15, 0.2) is 36.5 Å². The zero-order chi connectivity index (χ0) is 19.3. The molecule has 2 aromatic rings. The van der Waals surface area contributed by atoms with E-state index in [0.717, 1.165) is 50.9 Å². The van der Waals surface area contributed by atoms with Crippen molar-refractivity contribution in [1.29, 1.82) is 0 Å². The van der Waals surface area contributed by atoms with Gasteiger partial charge in [0, 0.05) is 50.6 Å². The zero-order valence-corrected chi connectivity index (χ0v) is 16.9. The highest BCUT2D eigenvalue weighted by atomic mass is 16.2. The van der Waals surface area contributed by atoms with Gasteiger partial charge in [-0.15, -0.1) is 0 Å². The maximum atomic E-state index is 12.9. The molecule has 0 aliphatic carbocycles. The Balaban J connectivity index is 1.34. The molecular formula is C23H32N4O. The van der Waals surface area contributed by atoms with Crippen LogP contribution in [0.4, 0.5) is 4.79 Å². The van der Waals surface area contributed by atoms with Crippen LogP contribution in [0.5, 0.6) is 0 Å². The summed E-state index contributed by atoms with van der Waals surface area (Å²) in [5.41, 5.74) is 2.45. The molecule has 1 aromatic carbocycles. The molecule has 2 amide bonds. The molecule has 1 N–H and O–H groups in total. The molecule has 0 spiro atoms. The van der Waals surface area contributed by atoms with Crippen LogP contribution in [0.2, 0.25) is 0 Å². The van der Waals surface area contributed by atoms with E-state index in [-0.39, 0.29) is 6.03 Å². The van der Waals surface area contributed by atoms with Crippen molar-refractivity contribution >= 4 is 6.03 Å². The van der Waals surface area contributed by atoms with E-state index in [1.807, 2.05) is 0 Å². The molecule has 0 radical (unpaired) electrons. The Morgan fingerprint density at radius 3 is 2.86 bits per heavy atom. The number of rotatable bonds is 6. The first-order valence-corrected chi connectivity index (χ1v) is 10.9. The van der Waals surface area contributed by atoms with E-state index in [1.54, 1.807) is 0 Å². The normalized spacial score (nSPS) is 20.0. The van der Waals surface area contributed by atoms with Crippen LogP contribution < -0.4 is 5.32 Å². The van der Waals surface area contributed by atoms with Gasteiger partial charge in [0.15, 0.2) is 0 Å². The van der Waals surface area contributed by atoms with Gasteiger partial charge in [0.05, 0.1) is 5.69 Å². The summed E-state index contributed by atoms with van der Waals surface area (Å²) in [4.78, 5) is 19.7. The molecule has 150 valence electrons. The molecule has 2 aliphatic rings. The van der Waals surface area contributed by atoms with Gasteiger partial charge in [-0.25, -0.2) is 9.78 Å². The Morgan fingerprint density at radius 2 is 2.07 bits per heavy atom. The monoisotopic (exact) mass is 380 g/mol. The van der Waals surface area contributed by atoms with Crippen molar-refractivity contribution in [1.82, 2.24) is 19.8 Å². The van der Waals surface area contributed by atoms with Crippen LogP contribution in [-0.2, 0) is 19.4 Å². The Morgan fingerprint density at radius 1 is 1.21 bits per heavy atom. The first-order chi connectivity index (χ1) is 13.8. The van der Waals surface area contributed by atoms with Crippen molar-refractivity contribution in [2.45, 2.75) is 70.4 Å². The van der Waals surface area contributed by atoms with Crippen molar-refractivity contribution in [3.8, 4) is 0 Å². The number of aromatic nitrogens is 2. The molecule has 1 fully saturated rings. The third-order valence-corrected chi connectivity index (χ3v) is 6.31. The molecule has 28 heavy (non-hydrogen) atoms. The van der Waals surface area contributed by atoms with Crippen LogP contribution >= 0.6 is 0 Å². The van der Waals surface area contributed by atoms with Gasteiger partial charge in [0.25, 0.3) is 0 Å². The molecule has 3 heterocycles. The largest absolute Gasteiger partial charge is 0.338 e. The molecular weight excluding hydrogens is 348 g/mol. The Labute approximate surface area is 168 Å². The summed E-state index contributed by atoms with van der Waals surface area (Å²) in [6.45, 7) is 4.83. The number of carbonyl (C=O) groups excluding carboxylic acids is 1. The van der Waals surface area contributed by atoms with E-state index in [2.05, 4.69) is 58.2 Å². The van der Waals surface area contributed by atoms with Gasteiger partial charge in [-0.3, -0.25) is 0 Å². The number of nitrogens with zero attached hydrogens (tertiary/aromatic N) is 3. The zero-order valence-electron chi connectivity index (χ0n) is 16.9. The van der Waals surface area contributed by atoms with Crippen molar-refractivity contribution in [3.05, 3.63) is 53.6 Å². The third kappa shape index (κ3) is 4.08. The molecule has 1 saturated heterocycles. The van der Waals surface area contributed by atoms with E-state index >= 15 is 0 Å². The van der Waals surface area contributed by atoms with Gasteiger partial charge in [-0.2, -0.15) is 0 Å². The Bertz CT molecular complexity index is 762.